The van der Waals surface area contributed by atoms with Crippen LogP contribution in [0.3, 0.4) is 0 Å². The average Bonchev–Trinajstić information content (AvgIpc) is 2.57. The molecule has 0 rings (SSSR count). The topological polar surface area (TPSA) is 0 Å². The third kappa shape index (κ3) is 21.9. The Kier molecular flexibility index (Phi) is 21.9. The highest BCUT2D eigenvalue weighted by Crippen LogP contribution is 2.14. The molecular weight excluding hydrogens is 283 g/mol. The van der Waals surface area contributed by atoms with Gasteiger partial charge in [0.1, 0.15) is 0 Å². The number of hydrogen-bond donors (Lipinski definition) is 0. The number of rotatable bonds is 20. The summed E-state index contributed by atoms with van der Waals surface area (Å²) in [6.45, 7) is 2.16. The zero-order valence-electron chi connectivity index (χ0n) is 16.2. The summed E-state index contributed by atoms with van der Waals surface area (Å²) in [6, 6.07) is 0. The summed E-state index contributed by atoms with van der Waals surface area (Å²) >= 11 is 0. The number of halogens is 1. The molecule has 0 unspecified atom stereocenters. The van der Waals surface area contributed by atoms with E-state index in [0.717, 1.165) is 12.8 Å². The van der Waals surface area contributed by atoms with Gasteiger partial charge in [-0.1, -0.05) is 129 Å². The van der Waals surface area contributed by atoms with Crippen LogP contribution in [0.4, 0.5) is 4.39 Å². The summed E-state index contributed by atoms with van der Waals surface area (Å²) < 4.78 is 11.9. The number of unbranched alkanes of at least 4 members (excludes halogenated alkanes) is 19. The standard InChI is InChI=1S/C22H45F/c1-2-3-4-5-6-7-8-9-10-11-12-13-14-15-16-17-18-19-20-21-22-23/h2-22H2,1H3. The van der Waals surface area contributed by atoms with Crippen molar-refractivity contribution in [3.63, 3.8) is 0 Å². The van der Waals surface area contributed by atoms with Gasteiger partial charge in [-0.3, -0.25) is 4.39 Å². The van der Waals surface area contributed by atoms with Crippen LogP contribution in [-0.2, 0) is 0 Å². The quantitative estimate of drug-likeness (QED) is 0.196. The van der Waals surface area contributed by atoms with Crippen molar-refractivity contribution in [1.82, 2.24) is 0 Å². The Morgan fingerprint density at radius 1 is 0.348 bits per heavy atom. The molecule has 140 valence electrons. The fourth-order valence-electron chi connectivity index (χ4n) is 3.35. The summed E-state index contributed by atoms with van der Waals surface area (Å²) in [5.74, 6) is 0. The van der Waals surface area contributed by atoms with Crippen LogP contribution in [0.5, 0.6) is 0 Å². The summed E-state index contributed by atoms with van der Waals surface area (Å²) in [5, 5.41) is 0. The summed E-state index contributed by atoms with van der Waals surface area (Å²) in [7, 11) is 0. The van der Waals surface area contributed by atoms with Gasteiger partial charge in [0.15, 0.2) is 0 Å². The van der Waals surface area contributed by atoms with E-state index in [1.807, 2.05) is 0 Å². The molecular formula is C22H45F. The minimum Gasteiger partial charge on any atom is -0.251 e. The van der Waals surface area contributed by atoms with E-state index in [4.69, 9.17) is 0 Å². The monoisotopic (exact) mass is 328 g/mol. The summed E-state index contributed by atoms with van der Waals surface area (Å²) in [4.78, 5) is 0. The van der Waals surface area contributed by atoms with E-state index in [-0.39, 0.29) is 6.67 Å². The predicted molar refractivity (Wildman–Crippen MR) is 104 cm³/mol. The maximum absolute atomic E-state index is 11.9. The molecule has 0 N–H and O–H groups in total. The molecule has 23 heavy (non-hydrogen) atoms. The Morgan fingerprint density at radius 2 is 0.565 bits per heavy atom. The molecule has 0 bridgehead atoms. The normalized spacial score (nSPS) is 11.2. The third-order valence-electron chi connectivity index (χ3n) is 4.99. The van der Waals surface area contributed by atoms with Gasteiger partial charge in [-0.25, -0.2) is 0 Å². The van der Waals surface area contributed by atoms with E-state index in [1.54, 1.807) is 0 Å². The molecule has 0 aliphatic carbocycles. The van der Waals surface area contributed by atoms with Gasteiger partial charge < -0.3 is 0 Å². The van der Waals surface area contributed by atoms with E-state index in [1.165, 1.54) is 116 Å². The first-order valence-corrected chi connectivity index (χ1v) is 11.0. The molecule has 0 aromatic carbocycles. The highest BCUT2D eigenvalue weighted by molar-refractivity contribution is 4.50. The molecule has 0 amide bonds. The molecule has 0 fully saturated rings. The molecule has 0 aromatic heterocycles. The van der Waals surface area contributed by atoms with Crippen LogP contribution in [0.25, 0.3) is 0 Å². The molecule has 0 spiro atoms. The van der Waals surface area contributed by atoms with Crippen LogP contribution in [0, 0.1) is 0 Å². The van der Waals surface area contributed by atoms with Crippen molar-refractivity contribution in [2.24, 2.45) is 0 Å². The van der Waals surface area contributed by atoms with E-state index in [9.17, 15) is 4.39 Å². The van der Waals surface area contributed by atoms with Crippen LogP contribution in [0.2, 0.25) is 0 Å². The van der Waals surface area contributed by atoms with E-state index < -0.39 is 0 Å². The SMILES string of the molecule is CCCCCCCCCCCCCCCCCCCCCCF. The summed E-state index contributed by atoms with van der Waals surface area (Å²) in [6.07, 6.45) is 27.4. The maximum atomic E-state index is 11.9. The second-order valence-electron chi connectivity index (χ2n) is 7.41. The van der Waals surface area contributed by atoms with Gasteiger partial charge in [-0.15, -0.1) is 0 Å². The van der Waals surface area contributed by atoms with Crippen LogP contribution in [0.15, 0.2) is 0 Å². The third-order valence-corrected chi connectivity index (χ3v) is 4.99. The van der Waals surface area contributed by atoms with Crippen LogP contribution < -0.4 is 0 Å². The van der Waals surface area contributed by atoms with E-state index >= 15 is 0 Å². The predicted octanol–water partition coefficient (Wildman–Crippen LogP) is 8.78. The molecule has 0 aliphatic rings. The lowest BCUT2D eigenvalue weighted by atomic mass is 10.0. The highest BCUT2D eigenvalue weighted by Gasteiger charge is 1.95. The van der Waals surface area contributed by atoms with Crippen molar-refractivity contribution in [1.29, 1.82) is 0 Å². The first kappa shape index (κ1) is 22.9. The minimum atomic E-state index is -0.126. The van der Waals surface area contributed by atoms with Gasteiger partial charge in [0, 0.05) is 0 Å². The molecule has 0 aromatic rings. The minimum absolute atomic E-state index is 0.126. The molecule has 0 saturated heterocycles. The highest BCUT2D eigenvalue weighted by atomic mass is 19.1. The van der Waals surface area contributed by atoms with Crippen molar-refractivity contribution >= 4 is 0 Å². The zero-order valence-corrected chi connectivity index (χ0v) is 16.2. The van der Waals surface area contributed by atoms with Gasteiger partial charge in [0.2, 0.25) is 0 Å². The Labute approximate surface area is 147 Å². The fraction of sp³-hybridized carbons (Fsp3) is 1.00. The lowest BCUT2D eigenvalue weighted by Gasteiger charge is -2.03. The van der Waals surface area contributed by atoms with Crippen LogP contribution in [-0.4, -0.2) is 6.67 Å². The first-order valence-electron chi connectivity index (χ1n) is 11.0. The van der Waals surface area contributed by atoms with Crippen LogP contribution in [0.1, 0.15) is 135 Å². The first-order chi connectivity index (χ1) is 11.4. The number of alkyl halides is 1. The Bertz CT molecular complexity index is 170. The van der Waals surface area contributed by atoms with Gasteiger partial charge >= 0.3 is 0 Å². The summed E-state index contributed by atoms with van der Waals surface area (Å²) in [5.41, 5.74) is 0. The lowest BCUT2D eigenvalue weighted by Crippen LogP contribution is -1.84. The average molecular weight is 329 g/mol. The molecule has 0 nitrogen and oxygen atoms in total. The molecule has 0 radical (unpaired) electrons. The lowest BCUT2D eigenvalue weighted by molar-refractivity contribution is 0.448. The maximum Gasteiger partial charge on any atom is 0.0894 e. The van der Waals surface area contributed by atoms with E-state index in [0.29, 0.717) is 0 Å². The van der Waals surface area contributed by atoms with Crippen molar-refractivity contribution < 1.29 is 4.39 Å². The van der Waals surface area contributed by atoms with Gasteiger partial charge in [-0.05, 0) is 6.42 Å². The van der Waals surface area contributed by atoms with Crippen molar-refractivity contribution in [2.75, 3.05) is 6.67 Å². The van der Waals surface area contributed by atoms with Gasteiger partial charge in [0.25, 0.3) is 0 Å². The molecule has 0 heterocycles. The van der Waals surface area contributed by atoms with Crippen molar-refractivity contribution in [3.05, 3.63) is 0 Å². The van der Waals surface area contributed by atoms with Crippen molar-refractivity contribution in [2.45, 2.75) is 135 Å². The Hall–Kier alpha value is -0.0700. The molecule has 0 aliphatic heterocycles. The Morgan fingerprint density at radius 3 is 0.783 bits per heavy atom. The fourth-order valence-corrected chi connectivity index (χ4v) is 3.35. The molecule has 0 atom stereocenters. The number of hydrogen-bond acceptors (Lipinski definition) is 0. The van der Waals surface area contributed by atoms with Crippen molar-refractivity contribution in [3.8, 4) is 0 Å². The second kappa shape index (κ2) is 21.9. The van der Waals surface area contributed by atoms with Gasteiger partial charge in [0.05, 0.1) is 6.67 Å². The smallest absolute Gasteiger partial charge is 0.0894 e. The largest absolute Gasteiger partial charge is 0.251 e. The zero-order chi connectivity index (χ0) is 16.8. The Balaban J connectivity index is 2.92. The van der Waals surface area contributed by atoms with Gasteiger partial charge in [-0.2, -0.15) is 0 Å². The van der Waals surface area contributed by atoms with Crippen LogP contribution >= 0.6 is 0 Å². The van der Waals surface area contributed by atoms with E-state index in [2.05, 4.69) is 6.92 Å². The molecule has 1 heteroatoms. The molecule has 0 saturated carbocycles. The second-order valence-corrected chi connectivity index (χ2v) is 7.41.